The molecule has 1 saturated heterocycles. The molecule has 1 atom stereocenters. The number of hydrogen-bond donors (Lipinski definition) is 1. The molecule has 1 unspecified atom stereocenters. The maximum atomic E-state index is 12.8. The molecular formula is C19H25N3O2. The Balaban J connectivity index is 1.79. The zero-order valence-electron chi connectivity index (χ0n) is 14.2. The van der Waals surface area contributed by atoms with Crippen molar-refractivity contribution in [1.29, 1.82) is 0 Å². The highest BCUT2D eigenvalue weighted by Crippen LogP contribution is 2.35. The summed E-state index contributed by atoms with van der Waals surface area (Å²) in [5, 5.41) is 7.02. The van der Waals surface area contributed by atoms with E-state index in [1.807, 2.05) is 31.2 Å². The van der Waals surface area contributed by atoms with Gasteiger partial charge < -0.3 is 4.74 Å². The van der Waals surface area contributed by atoms with Gasteiger partial charge in [-0.2, -0.15) is 5.10 Å². The number of rotatable bonds is 6. The zero-order valence-corrected chi connectivity index (χ0v) is 14.2. The summed E-state index contributed by atoms with van der Waals surface area (Å²) in [6.45, 7) is 4.81. The number of H-pyrrole nitrogens is 1. The predicted molar refractivity (Wildman–Crippen MR) is 92.3 cm³/mol. The number of aromatic nitrogens is 2. The van der Waals surface area contributed by atoms with E-state index in [4.69, 9.17) is 4.74 Å². The van der Waals surface area contributed by atoms with E-state index in [1.165, 1.54) is 5.56 Å². The van der Waals surface area contributed by atoms with Gasteiger partial charge in [0.2, 0.25) is 0 Å². The number of ether oxygens (including phenoxy) is 1. The molecule has 5 heteroatoms. The molecule has 0 spiro atoms. The maximum Gasteiger partial charge on any atom is 0.313 e. The van der Waals surface area contributed by atoms with Crippen molar-refractivity contribution < 1.29 is 9.53 Å². The van der Waals surface area contributed by atoms with E-state index in [2.05, 4.69) is 27.2 Å². The Labute approximate surface area is 143 Å². The van der Waals surface area contributed by atoms with Gasteiger partial charge in [-0.05, 0) is 44.4 Å². The Morgan fingerprint density at radius 1 is 1.33 bits per heavy atom. The number of esters is 1. The molecule has 1 fully saturated rings. The molecule has 2 aromatic rings. The summed E-state index contributed by atoms with van der Waals surface area (Å²) in [5.41, 5.74) is 1.80. The topological polar surface area (TPSA) is 58.2 Å². The molecule has 0 amide bonds. The first kappa shape index (κ1) is 16.7. The fraction of sp³-hybridized carbons (Fsp3) is 0.474. The molecule has 128 valence electrons. The number of nitrogens with one attached hydrogen (secondary N) is 1. The van der Waals surface area contributed by atoms with Crippen LogP contribution in [0.15, 0.2) is 42.6 Å². The van der Waals surface area contributed by atoms with Gasteiger partial charge >= 0.3 is 5.97 Å². The van der Waals surface area contributed by atoms with Crippen LogP contribution < -0.4 is 0 Å². The minimum absolute atomic E-state index is 0.0665. The number of carbonyl (C=O) groups excluding carboxylic acids is 1. The highest BCUT2D eigenvalue weighted by molar-refractivity contribution is 5.77. The second-order valence-electron chi connectivity index (χ2n) is 6.56. The van der Waals surface area contributed by atoms with E-state index in [0.717, 1.165) is 44.6 Å². The van der Waals surface area contributed by atoms with Gasteiger partial charge in [-0.1, -0.05) is 30.3 Å². The van der Waals surface area contributed by atoms with E-state index in [-0.39, 0.29) is 5.97 Å². The molecule has 5 nitrogen and oxygen atoms in total. The zero-order chi connectivity index (χ0) is 16.8. The van der Waals surface area contributed by atoms with Crippen LogP contribution in [0.2, 0.25) is 0 Å². The van der Waals surface area contributed by atoms with Crippen molar-refractivity contribution in [3.05, 3.63) is 53.9 Å². The summed E-state index contributed by atoms with van der Waals surface area (Å²) in [6.07, 6.45) is 4.37. The standard InChI is InChI=1S/C19H25N3O2/c1-2-24-18(23)19(13-16-7-4-3-5-8-16)10-6-12-22(15-19)14-17-9-11-20-21-17/h3-5,7-9,11H,2,6,10,12-15H2,1H3,(H,20,21). The molecule has 1 aliphatic rings. The molecule has 0 aliphatic carbocycles. The average Bonchev–Trinajstić information content (AvgIpc) is 3.09. The summed E-state index contributed by atoms with van der Waals surface area (Å²) in [6, 6.07) is 12.2. The Morgan fingerprint density at radius 2 is 2.17 bits per heavy atom. The summed E-state index contributed by atoms with van der Waals surface area (Å²) < 4.78 is 5.45. The molecule has 24 heavy (non-hydrogen) atoms. The number of likely N-dealkylation sites (tertiary alicyclic amines) is 1. The van der Waals surface area contributed by atoms with Crippen molar-refractivity contribution in [2.75, 3.05) is 19.7 Å². The predicted octanol–water partition coefficient (Wildman–Crippen LogP) is 2.80. The van der Waals surface area contributed by atoms with Crippen LogP contribution in [0, 0.1) is 5.41 Å². The third-order valence-corrected chi connectivity index (χ3v) is 4.70. The maximum absolute atomic E-state index is 12.8. The number of piperidine rings is 1. The van der Waals surface area contributed by atoms with Crippen LogP contribution in [-0.2, 0) is 22.5 Å². The third-order valence-electron chi connectivity index (χ3n) is 4.70. The Bertz CT molecular complexity index is 642. The van der Waals surface area contributed by atoms with Crippen molar-refractivity contribution in [2.45, 2.75) is 32.7 Å². The minimum Gasteiger partial charge on any atom is -0.466 e. The Hall–Kier alpha value is -2.14. The van der Waals surface area contributed by atoms with Gasteiger partial charge in [0.15, 0.2) is 0 Å². The van der Waals surface area contributed by atoms with Crippen LogP contribution in [0.5, 0.6) is 0 Å². The molecule has 1 aromatic heterocycles. The quantitative estimate of drug-likeness (QED) is 0.829. The summed E-state index contributed by atoms with van der Waals surface area (Å²) in [7, 11) is 0. The SMILES string of the molecule is CCOC(=O)C1(Cc2ccccc2)CCCN(Cc2ccn[nH]2)C1. The van der Waals surface area contributed by atoms with Crippen molar-refractivity contribution in [3.8, 4) is 0 Å². The van der Waals surface area contributed by atoms with Gasteiger partial charge in [0.25, 0.3) is 0 Å². The second kappa shape index (κ2) is 7.62. The van der Waals surface area contributed by atoms with Crippen molar-refractivity contribution in [3.63, 3.8) is 0 Å². The van der Waals surface area contributed by atoms with Gasteiger partial charge in [-0.25, -0.2) is 0 Å². The smallest absolute Gasteiger partial charge is 0.313 e. The number of benzene rings is 1. The molecule has 1 N–H and O–H groups in total. The van der Waals surface area contributed by atoms with E-state index in [9.17, 15) is 4.79 Å². The van der Waals surface area contributed by atoms with E-state index >= 15 is 0 Å². The van der Waals surface area contributed by atoms with E-state index < -0.39 is 5.41 Å². The number of aromatic amines is 1. The van der Waals surface area contributed by atoms with Crippen LogP contribution in [0.4, 0.5) is 0 Å². The third kappa shape index (κ3) is 3.85. The first-order valence-corrected chi connectivity index (χ1v) is 8.63. The van der Waals surface area contributed by atoms with E-state index in [0.29, 0.717) is 6.61 Å². The normalized spacial score (nSPS) is 21.5. The monoisotopic (exact) mass is 327 g/mol. The van der Waals surface area contributed by atoms with Gasteiger partial charge in [0, 0.05) is 25.0 Å². The van der Waals surface area contributed by atoms with Crippen LogP contribution in [0.25, 0.3) is 0 Å². The number of carbonyl (C=O) groups is 1. The highest BCUT2D eigenvalue weighted by atomic mass is 16.5. The lowest BCUT2D eigenvalue weighted by molar-refractivity contribution is -0.159. The number of nitrogens with zero attached hydrogens (tertiary/aromatic N) is 2. The molecule has 0 radical (unpaired) electrons. The van der Waals surface area contributed by atoms with Gasteiger partial charge in [-0.15, -0.1) is 0 Å². The van der Waals surface area contributed by atoms with Crippen LogP contribution in [0.1, 0.15) is 31.0 Å². The lowest BCUT2D eigenvalue weighted by atomic mass is 9.75. The summed E-state index contributed by atoms with van der Waals surface area (Å²) >= 11 is 0. The lowest BCUT2D eigenvalue weighted by Gasteiger charge is -2.41. The number of hydrogen-bond acceptors (Lipinski definition) is 4. The minimum atomic E-state index is -0.463. The lowest BCUT2D eigenvalue weighted by Crippen LogP contribution is -2.49. The fourth-order valence-corrected chi connectivity index (χ4v) is 3.63. The second-order valence-corrected chi connectivity index (χ2v) is 6.56. The molecule has 0 bridgehead atoms. The largest absolute Gasteiger partial charge is 0.466 e. The first-order valence-electron chi connectivity index (χ1n) is 8.63. The van der Waals surface area contributed by atoms with Crippen molar-refractivity contribution >= 4 is 5.97 Å². The Morgan fingerprint density at radius 3 is 2.88 bits per heavy atom. The van der Waals surface area contributed by atoms with Gasteiger partial charge in [0.1, 0.15) is 0 Å². The van der Waals surface area contributed by atoms with Crippen LogP contribution >= 0.6 is 0 Å². The molecule has 1 aromatic carbocycles. The Kier molecular flexibility index (Phi) is 5.30. The van der Waals surface area contributed by atoms with E-state index in [1.54, 1.807) is 6.20 Å². The summed E-state index contributed by atoms with van der Waals surface area (Å²) in [4.78, 5) is 15.1. The molecule has 3 rings (SSSR count). The molecule has 0 saturated carbocycles. The van der Waals surface area contributed by atoms with Crippen LogP contribution in [-0.4, -0.2) is 40.8 Å². The van der Waals surface area contributed by atoms with Crippen LogP contribution in [0.3, 0.4) is 0 Å². The summed E-state index contributed by atoms with van der Waals surface area (Å²) in [5.74, 6) is -0.0665. The van der Waals surface area contributed by atoms with Crippen molar-refractivity contribution in [1.82, 2.24) is 15.1 Å². The fourth-order valence-electron chi connectivity index (χ4n) is 3.63. The molecule has 2 heterocycles. The highest BCUT2D eigenvalue weighted by Gasteiger charge is 2.43. The van der Waals surface area contributed by atoms with Crippen molar-refractivity contribution in [2.24, 2.45) is 5.41 Å². The first-order chi connectivity index (χ1) is 11.7. The molecule has 1 aliphatic heterocycles. The molecular weight excluding hydrogens is 302 g/mol. The average molecular weight is 327 g/mol. The van der Waals surface area contributed by atoms with Gasteiger partial charge in [-0.3, -0.25) is 14.8 Å². The van der Waals surface area contributed by atoms with Gasteiger partial charge in [0.05, 0.1) is 12.0 Å².